The predicted molar refractivity (Wildman–Crippen MR) is 27.3 cm³/mol. The highest BCUT2D eigenvalue weighted by Crippen LogP contribution is 2.15. The van der Waals surface area contributed by atoms with E-state index in [4.69, 9.17) is 0 Å². The summed E-state index contributed by atoms with van der Waals surface area (Å²) >= 11 is 0. The van der Waals surface area contributed by atoms with Crippen LogP contribution in [0.25, 0.3) is 0 Å². The highest BCUT2D eigenvalue weighted by atomic mass is 19.3. The fourth-order valence-corrected chi connectivity index (χ4v) is 0.283. The molecule has 0 heterocycles. The molecule has 2 nitrogen and oxygen atoms in total. The van der Waals surface area contributed by atoms with Gasteiger partial charge in [-0.2, -0.15) is 8.78 Å². The zero-order valence-corrected chi connectivity index (χ0v) is 5.28. The zero-order chi connectivity index (χ0) is 7.49. The van der Waals surface area contributed by atoms with Crippen molar-refractivity contribution >= 4 is 5.78 Å². The smallest absolute Gasteiger partial charge is 0.315 e. The summed E-state index contributed by atoms with van der Waals surface area (Å²) in [7, 11) is 0. The molecule has 0 spiro atoms. The molecule has 0 bridgehead atoms. The van der Waals surface area contributed by atoms with Gasteiger partial charge in [0, 0.05) is 6.92 Å². The Labute approximate surface area is 51.8 Å². The van der Waals surface area contributed by atoms with Crippen LogP contribution in [0.4, 0.5) is 8.78 Å². The van der Waals surface area contributed by atoms with Gasteiger partial charge in [0.2, 0.25) is 5.78 Å². The summed E-state index contributed by atoms with van der Waals surface area (Å²) in [6, 6.07) is 0. The van der Waals surface area contributed by atoms with Crippen molar-refractivity contribution in [2.45, 2.75) is 20.0 Å². The maximum Gasteiger partial charge on any atom is 0.415 e. The van der Waals surface area contributed by atoms with Gasteiger partial charge in [-0.05, 0) is 6.92 Å². The van der Waals surface area contributed by atoms with E-state index in [-0.39, 0.29) is 6.61 Å². The molecule has 9 heavy (non-hydrogen) atoms. The molecule has 0 saturated heterocycles. The molecule has 0 atom stereocenters. The molecule has 0 aromatic carbocycles. The fourth-order valence-electron chi connectivity index (χ4n) is 0.283. The van der Waals surface area contributed by atoms with Crippen molar-refractivity contribution in [3.8, 4) is 0 Å². The molecule has 0 saturated carbocycles. The van der Waals surface area contributed by atoms with E-state index < -0.39 is 11.9 Å². The van der Waals surface area contributed by atoms with Crippen molar-refractivity contribution < 1.29 is 18.3 Å². The molecule has 0 aromatic rings. The number of ketones is 1. The lowest BCUT2D eigenvalue weighted by Crippen LogP contribution is -2.29. The maximum atomic E-state index is 12.0. The van der Waals surface area contributed by atoms with E-state index in [0.717, 1.165) is 6.92 Å². The molecular formula is C5H8F2O2. The van der Waals surface area contributed by atoms with Crippen molar-refractivity contribution in [2.75, 3.05) is 6.61 Å². The average Bonchev–Trinajstić information content (AvgIpc) is 1.65. The maximum absolute atomic E-state index is 12.0. The van der Waals surface area contributed by atoms with E-state index in [9.17, 15) is 13.6 Å². The van der Waals surface area contributed by atoms with Crippen molar-refractivity contribution in [1.29, 1.82) is 0 Å². The molecule has 0 N–H and O–H groups in total. The van der Waals surface area contributed by atoms with Crippen LogP contribution in [0.5, 0.6) is 0 Å². The molecule has 0 aromatic heterocycles. The van der Waals surface area contributed by atoms with E-state index in [0.29, 0.717) is 0 Å². The van der Waals surface area contributed by atoms with Crippen molar-refractivity contribution in [3.05, 3.63) is 0 Å². The molecule has 0 aliphatic rings. The molecule has 0 fully saturated rings. The number of rotatable bonds is 3. The Morgan fingerprint density at radius 3 is 2.22 bits per heavy atom. The SMILES string of the molecule is CCOC(F)(F)C(C)=O. The van der Waals surface area contributed by atoms with Gasteiger partial charge in [-0.1, -0.05) is 0 Å². The van der Waals surface area contributed by atoms with Crippen LogP contribution in [0.1, 0.15) is 13.8 Å². The lowest BCUT2D eigenvalue weighted by atomic mass is 10.4. The Hall–Kier alpha value is -0.510. The zero-order valence-electron chi connectivity index (χ0n) is 5.28. The Morgan fingerprint density at radius 1 is 1.67 bits per heavy atom. The van der Waals surface area contributed by atoms with E-state index >= 15 is 0 Å². The minimum atomic E-state index is -3.59. The summed E-state index contributed by atoms with van der Waals surface area (Å²) < 4.78 is 27.8. The van der Waals surface area contributed by atoms with Crippen LogP contribution in [0.15, 0.2) is 0 Å². The van der Waals surface area contributed by atoms with Gasteiger partial charge in [-0.25, -0.2) is 0 Å². The average molecular weight is 138 g/mol. The molecule has 0 radical (unpaired) electrons. The monoisotopic (exact) mass is 138 g/mol. The minimum Gasteiger partial charge on any atom is -0.315 e. The predicted octanol–water partition coefficient (Wildman–Crippen LogP) is 1.20. The van der Waals surface area contributed by atoms with Gasteiger partial charge < -0.3 is 4.74 Å². The molecule has 0 amide bonds. The van der Waals surface area contributed by atoms with Crippen LogP contribution >= 0.6 is 0 Å². The lowest BCUT2D eigenvalue weighted by Gasteiger charge is -2.10. The first kappa shape index (κ1) is 8.49. The first-order chi connectivity index (χ1) is 4.00. The Balaban J connectivity index is 3.85. The molecule has 0 rings (SSSR count). The quantitative estimate of drug-likeness (QED) is 0.585. The van der Waals surface area contributed by atoms with Gasteiger partial charge in [0.15, 0.2) is 0 Å². The van der Waals surface area contributed by atoms with E-state index in [2.05, 4.69) is 4.74 Å². The minimum absolute atomic E-state index is 0.160. The van der Waals surface area contributed by atoms with Gasteiger partial charge in [-0.3, -0.25) is 4.79 Å². The standard InChI is InChI=1S/C5H8F2O2/c1-3-9-5(6,7)4(2)8/h3H2,1-2H3. The van der Waals surface area contributed by atoms with Crippen LogP contribution in [0, 0.1) is 0 Å². The second-order valence-electron chi connectivity index (χ2n) is 1.51. The summed E-state index contributed by atoms with van der Waals surface area (Å²) in [4.78, 5) is 9.98. The van der Waals surface area contributed by atoms with Gasteiger partial charge in [0.05, 0.1) is 6.61 Å². The largest absolute Gasteiger partial charge is 0.415 e. The summed E-state index contributed by atoms with van der Waals surface area (Å²) in [5.74, 6) is -1.26. The Morgan fingerprint density at radius 2 is 2.11 bits per heavy atom. The van der Waals surface area contributed by atoms with Crippen LogP contribution < -0.4 is 0 Å². The van der Waals surface area contributed by atoms with E-state index in [1.165, 1.54) is 6.92 Å². The number of halogens is 2. The van der Waals surface area contributed by atoms with Crippen LogP contribution in [-0.2, 0) is 9.53 Å². The molecule has 0 aliphatic heterocycles. The van der Waals surface area contributed by atoms with Crippen LogP contribution in [0.3, 0.4) is 0 Å². The van der Waals surface area contributed by atoms with Crippen LogP contribution in [-0.4, -0.2) is 18.5 Å². The number of carbonyl (C=O) groups excluding carboxylic acids is 1. The third-order valence-corrected chi connectivity index (χ3v) is 0.735. The molecule has 0 aliphatic carbocycles. The van der Waals surface area contributed by atoms with Gasteiger partial charge in [-0.15, -0.1) is 0 Å². The molecule has 0 unspecified atom stereocenters. The van der Waals surface area contributed by atoms with Gasteiger partial charge in [0.1, 0.15) is 0 Å². The number of carbonyl (C=O) groups is 1. The summed E-state index contributed by atoms with van der Waals surface area (Å²) in [5.41, 5.74) is 0. The van der Waals surface area contributed by atoms with E-state index in [1.807, 2.05) is 0 Å². The lowest BCUT2D eigenvalue weighted by molar-refractivity contribution is -0.225. The Bertz CT molecular complexity index is 112. The second kappa shape index (κ2) is 2.87. The number of hydrogen-bond donors (Lipinski definition) is 0. The highest BCUT2D eigenvalue weighted by Gasteiger charge is 2.35. The second-order valence-corrected chi connectivity index (χ2v) is 1.51. The van der Waals surface area contributed by atoms with Crippen molar-refractivity contribution in [3.63, 3.8) is 0 Å². The molecular weight excluding hydrogens is 130 g/mol. The molecule has 4 heteroatoms. The Kier molecular flexibility index (Phi) is 2.70. The highest BCUT2D eigenvalue weighted by molar-refractivity contribution is 5.81. The number of hydrogen-bond acceptors (Lipinski definition) is 2. The fraction of sp³-hybridized carbons (Fsp3) is 0.800. The summed E-state index contributed by atoms with van der Waals surface area (Å²) in [6.07, 6.45) is -3.59. The van der Waals surface area contributed by atoms with E-state index in [1.54, 1.807) is 0 Å². The topological polar surface area (TPSA) is 26.3 Å². The van der Waals surface area contributed by atoms with Gasteiger partial charge in [0.25, 0.3) is 0 Å². The van der Waals surface area contributed by atoms with Crippen molar-refractivity contribution in [2.24, 2.45) is 0 Å². The normalized spacial score (nSPS) is 11.6. The third-order valence-electron chi connectivity index (χ3n) is 0.735. The summed E-state index contributed by atoms with van der Waals surface area (Å²) in [5, 5.41) is 0. The molecule has 54 valence electrons. The number of ether oxygens (including phenoxy) is 1. The first-order valence-corrected chi connectivity index (χ1v) is 2.53. The van der Waals surface area contributed by atoms with Gasteiger partial charge >= 0.3 is 6.11 Å². The third kappa shape index (κ3) is 2.51. The first-order valence-electron chi connectivity index (χ1n) is 2.53. The number of Topliss-reactive ketones (excluding diaryl/α,β-unsaturated/α-hetero) is 1. The number of alkyl halides is 2. The van der Waals surface area contributed by atoms with Crippen molar-refractivity contribution in [1.82, 2.24) is 0 Å². The van der Waals surface area contributed by atoms with Crippen LogP contribution in [0.2, 0.25) is 0 Å². The summed E-state index contributed by atoms with van der Waals surface area (Å²) in [6.45, 7) is 2.03.